The third-order valence-electron chi connectivity index (χ3n) is 4.63. The second-order valence-electron chi connectivity index (χ2n) is 6.62. The van der Waals surface area contributed by atoms with E-state index in [0.29, 0.717) is 5.92 Å². The molecule has 0 radical (unpaired) electrons. The lowest BCUT2D eigenvalue weighted by Gasteiger charge is -2.33. The summed E-state index contributed by atoms with van der Waals surface area (Å²) in [6.07, 6.45) is 6.01. The number of rotatable bonds is 4. The average molecular weight is 334 g/mol. The molecule has 0 bridgehead atoms. The first kappa shape index (κ1) is 15.8. The second-order valence-corrected chi connectivity index (χ2v) is 6.62. The molecular formula is C20H22N4O. The number of piperidine rings is 1. The minimum absolute atomic E-state index is 0.496. The Balaban J connectivity index is 1.43. The summed E-state index contributed by atoms with van der Waals surface area (Å²) >= 11 is 0. The highest BCUT2D eigenvalue weighted by Gasteiger charge is 2.22. The summed E-state index contributed by atoms with van der Waals surface area (Å²) in [6, 6.07) is 11.9. The highest BCUT2D eigenvalue weighted by Crippen LogP contribution is 2.23. The quantitative estimate of drug-likeness (QED) is 0.729. The Morgan fingerprint density at radius 3 is 2.92 bits per heavy atom. The van der Waals surface area contributed by atoms with Crippen molar-refractivity contribution in [2.45, 2.75) is 19.8 Å². The molecule has 1 fully saturated rings. The summed E-state index contributed by atoms with van der Waals surface area (Å²) < 4.78 is 5.98. The maximum Gasteiger partial charge on any atom is 0.147 e. The lowest BCUT2D eigenvalue weighted by molar-refractivity contribution is 0.228. The standard InChI is InChI=1S/C20H22N4O/c1-15-11-17(8-9-21-15)25-14-16-5-4-10-24(13-16)20-12-22-18-6-2-3-7-19(18)23-20/h2-3,6-9,11-12,16H,4-5,10,13-14H2,1H3. The Labute approximate surface area is 147 Å². The van der Waals surface area contributed by atoms with Gasteiger partial charge in [-0.2, -0.15) is 0 Å². The molecule has 1 aromatic carbocycles. The molecule has 1 aliphatic rings. The van der Waals surface area contributed by atoms with Crippen LogP contribution in [-0.4, -0.2) is 34.6 Å². The zero-order chi connectivity index (χ0) is 17.1. The van der Waals surface area contributed by atoms with Crippen LogP contribution in [0.3, 0.4) is 0 Å². The van der Waals surface area contributed by atoms with E-state index in [1.807, 2.05) is 49.5 Å². The molecule has 128 valence electrons. The van der Waals surface area contributed by atoms with Gasteiger partial charge in [0.1, 0.15) is 11.6 Å². The Bertz CT molecular complexity index is 867. The molecule has 0 aliphatic carbocycles. The van der Waals surface area contributed by atoms with Gasteiger partial charge >= 0.3 is 0 Å². The fraction of sp³-hybridized carbons (Fsp3) is 0.350. The lowest BCUT2D eigenvalue weighted by Crippen LogP contribution is -2.38. The molecule has 0 amide bonds. The number of nitrogens with zero attached hydrogens (tertiary/aromatic N) is 4. The van der Waals surface area contributed by atoms with Crippen molar-refractivity contribution in [2.24, 2.45) is 5.92 Å². The first-order chi connectivity index (χ1) is 12.3. The van der Waals surface area contributed by atoms with Crippen LogP contribution in [0.4, 0.5) is 5.82 Å². The molecule has 5 nitrogen and oxygen atoms in total. The number of pyridine rings is 1. The SMILES string of the molecule is Cc1cc(OCC2CCCN(c3cnc4ccccc4n3)C2)ccn1. The van der Waals surface area contributed by atoms with E-state index in [9.17, 15) is 0 Å². The monoisotopic (exact) mass is 334 g/mol. The Morgan fingerprint density at radius 1 is 1.16 bits per heavy atom. The Morgan fingerprint density at radius 2 is 2.04 bits per heavy atom. The van der Waals surface area contributed by atoms with Gasteiger partial charge in [-0.1, -0.05) is 12.1 Å². The van der Waals surface area contributed by atoms with Crippen LogP contribution in [0, 0.1) is 12.8 Å². The molecule has 3 heterocycles. The molecule has 3 aromatic rings. The van der Waals surface area contributed by atoms with Crippen molar-refractivity contribution < 1.29 is 4.74 Å². The number of benzene rings is 1. The van der Waals surface area contributed by atoms with Crippen LogP contribution in [-0.2, 0) is 0 Å². The normalized spacial score (nSPS) is 17.6. The molecule has 1 aliphatic heterocycles. The summed E-state index contributed by atoms with van der Waals surface area (Å²) in [7, 11) is 0. The zero-order valence-electron chi connectivity index (χ0n) is 14.4. The van der Waals surface area contributed by atoms with E-state index in [-0.39, 0.29) is 0 Å². The number of anilines is 1. The molecule has 1 unspecified atom stereocenters. The summed E-state index contributed by atoms with van der Waals surface area (Å²) in [5.74, 6) is 2.36. The van der Waals surface area contributed by atoms with Gasteiger partial charge in [-0.15, -0.1) is 0 Å². The van der Waals surface area contributed by atoms with Crippen LogP contribution < -0.4 is 9.64 Å². The third kappa shape index (κ3) is 3.71. The largest absolute Gasteiger partial charge is 0.493 e. The van der Waals surface area contributed by atoms with Crippen LogP contribution in [0.1, 0.15) is 18.5 Å². The average Bonchev–Trinajstić information content (AvgIpc) is 2.66. The second kappa shape index (κ2) is 7.05. The Kier molecular flexibility index (Phi) is 4.46. The third-order valence-corrected chi connectivity index (χ3v) is 4.63. The maximum atomic E-state index is 5.98. The van der Waals surface area contributed by atoms with Crippen LogP contribution in [0.25, 0.3) is 11.0 Å². The molecule has 0 saturated carbocycles. The van der Waals surface area contributed by atoms with Crippen molar-refractivity contribution >= 4 is 16.9 Å². The van der Waals surface area contributed by atoms with Gasteiger partial charge in [-0.05, 0) is 38.0 Å². The van der Waals surface area contributed by atoms with Crippen molar-refractivity contribution in [1.82, 2.24) is 15.0 Å². The molecule has 1 atom stereocenters. The van der Waals surface area contributed by atoms with E-state index >= 15 is 0 Å². The molecule has 0 spiro atoms. The van der Waals surface area contributed by atoms with Crippen LogP contribution in [0.2, 0.25) is 0 Å². The summed E-state index contributed by atoms with van der Waals surface area (Å²) in [5, 5.41) is 0. The molecule has 4 rings (SSSR count). The van der Waals surface area contributed by atoms with Gasteiger partial charge in [0.05, 0.1) is 23.8 Å². The van der Waals surface area contributed by atoms with E-state index in [2.05, 4.69) is 14.9 Å². The number of fused-ring (bicyclic) bond motifs is 1. The summed E-state index contributed by atoms with van der Waals surface area (Å²) in [5.41, 5.74) is 2.87. The maximum absolute atomic E-state index is 5.98. The van der Waals surface area contributed by atoms with Gasteiger partial charge in [-0.3, -0.25) is 9.97 Å². The number of aryl methyl sites for hydroxylation is 1. The number of ether oxygens (including phenoxy) is 1. The van der Waals surface area contributed by atoms with Crippen molar-refractivity contribution in [3.05, 3.63) is 54.5 Å². The fourth-order valence-electron chi connectivity index (χ4n) is 3.33. The molecule has 1 saturated heterocycles. The lowest BCUT2D eigenvalue weighted by atomic mass is 9.99. The Hall–Kier alpha value is -2.69. The first-order valence-corrected chi connectivity index (χ1v) is 8.80. The van der Waals surface area contributed by atoms with Gasteiger partial charge < -0.3 is 9.64 Å². The number of hydrogen-bond donors (Lipinski definition) is 0. The molecule has 2 aromatic heterocycles. The van der Waals surface area contributed by atoms with Gasteiger partial charge in [-0.25, -0.2) is 4.98 Å². The van der Waals surface area contributed by atoms with Crippen molar-refractivity contribution in [3.8, 4) is 5.75 Å². The summed E-state index contributed by atoms with van der Waals surface area (Å²) in [6.45, 7) is 4.68. The van der Waals surface area contributed by atoms with Crippen LogP contribution >= 0.6 is 0 Å². The topological polar surface area (TPSA) is 51.1 Å². The minimum atomic E-state index is 0.496. The van der Waals surface area contributed by atoms with Gasteiger partial charge in [0, 0.05) is 37.0 Å². The van der Waals surface area contributed by atoms with Crippen molar-refractivity contribution in [2.75, 3.05) is 24.6 Å². The van der Waals surface area contributed by atoms with Crippen LogP contribution in [0.15, 0.2) is 48.8 Å². The highest BCUT2D eigenvalue weighted by atomic mass is 16.5. The molecule has 5 heteroatoms. The fourth-order valence-corrected chi connectivity index (χ4v) is 3.33. The summed E-state index contributed by atoms with van der Waals surface area (Å²) in [4.78, 5) is 15.9. The smallest absolute Gasteiger partial charge is 0.147 e. The number of aromatic nitrogens is 3. The minimum Gasteiger partial charge on any atom is -0.493 e. The van der Waals surface area contributed by atoms with Crippen molar-refractivity contribution in [3.63, 3.8) is 0 Å². The number of hydrogen-bond acceptors (Lipinski definition) is 5. The molecule has 25 heavy (non-hydrogen) atoms. The van der Waals surface area contributed by atoms with Gasteiger partial charge in [0.2, 0.25) is 0 Å². The number of para-hydroxylation sites is 2. The zero-order valence-corrected chi connectivity index (χ0v) is 14.4. The van der Waals surface area contributed by atoms with E-state index in [1.165, 1.54) is 6.42 Å². The molecular weight excluding hydrogens is 312 g/mol. The first-order valence-electron chi connectivity index (χ1n) is 8.80. The molecule has 0 N–H and O–H groups in total. The van der Waals surface area contributed by atoms with Gasteiger partial charge in [0.25, 0.3) is 0 Å². The van der Waals surface area contributed by atoms with Gasteiger partial charge in [0.15, 0.2) is 0 Å². The predicted molar refractivity (Wildman–Crippen MR) is 98.9 cm³/mol. The highest BCUT2D eigenvalue weighted by molar-refractivity contribution is 5.75. The van der Waals surface area contributed by atoms with Crippen molar-refractivity contribution in [1.29, 1.82) is 0 Å². The van der Waals surface area contributed by atoms with Crippen LogP contribution in [0.5, 0.6) is 5.75 Å². The van der Waals surface area contributed by atoms with E-state index in [0.717, 1.165) is 54.4 Å². The van der Waals surface area contributed by atoms with E-state index < -0.39 is 0 Å². The van der Waals surface area contributed by atoms with E-state index in [1.54, 1.807) is 6.20 Å². The predicted octanol–water partition coefficient (Wildman–Crippen LogP) is 3.63. The van der Waals surface area contributed by atoms with E-state index in [4.69, 9.17) is 9.72 Å².